The minimum absolute atomic E-state index is 0.221. The summed E-state index contributed by atoms with van der Waals surface area (Å²) in [4.78, 5) is 26.3. The molecule has 5 heteroatoms. The van der Waals surface area contributed by atoms with Crippen molar-refractivity contribution in [2.45, 2.75) is 63.9 Å². The number of methoxy groups -OCH3 is 1. The molecule has 0 radical (unpaired) electrons. The van der Waals surface area contributed by atoms with E-state index in [0.717, 1.165) is 24.9 Å². The van der Waals surface area contributed by atoms with Gasteiger partial charge in [-0.05, 0) is 75.6 Å². The summed E-state index contributed by atoms with van der Waals surface area (Å²) in [5.74, 6) is 0.482. The summed E-state index contributed by atoms with van der Waals surface area (Å²) in [6, 6.07) is 6.11. The molecule has 142 valence electrons. The Morgan fingerprint density at radius 3 is 2.27 bits per heavy atom. The van der Waals surface area contributed by atoms with Gasteiger partial charge in [0, 0.05) is 19.0 Å². The highest BCUT2D eigenvalue weighted by Gasteiger charge is 2.30. The van der Waals surface area contributed by atoms with E-state index in [4.69, 9.17) is 9.47 Å². The zero-order valence-corrected chi connectivity index (χ0v) is 16.2. The number of hydrogen-bond donors (Lipinski definition) is 0. The molecule has 1 amide bonds. The minimum Gasteiger partial charge on any atom is -0.465 e. The van der Waals surface area contributed by atoms with Crippen LogP contribution in [0.25, 0.3) is 0 Å². The van der Waals surface area contributed by atoms with Gasteiger partial charge in [0.1, 0.15) is 5.60 Å². The fourth-order valence-electron chi connectivity index (χ4n) is 3.54. The normalized spacial score (nSPS) is 20.6. The van der Waals surface area contributed by atoms with Crippen LogP contribution in [-0.2, 0) is 9.47 Å². The van der Waals surface area contributed by atoms with E-state index in [1.807, 2.05) is 32.9 Å². The quantitative estimate of drug-likeness (QED) is 0.748. The molecule has 1 aromatic carbocycles. The summed E-state index contributed by atoms with van der Waals surface area (Å²) in [5, 5.41) is 0. The van der Waals surface area contributed by atoms with Crippen LogP contribution in [0.5, 0.6) is 0 Å². The smallest absolute Gasteiger partial charge is 0.410 e. The van der Waals surface area contributed by atoms with Gasteiger partial charge in [-0.3, -0.25) is 0 Å². The molecule has 2 fully saturated rings. The number of ether oxygens (including phenoxy) is 2. The van der Waals surface area contributed by atoms with Crippen LogP contribution in [0.3, 0.4) is 0 Å². The molecule has 1 saturated heterocycles. The lowest BCUT2D eigenvalue weighted by atomic mass is 9.88. The lowest BCUT2D eigenvalue weighted by Gasteiger charge is -2.34. The molecule has 1 aromatic rings. The molecule has 5 nitrogen and oxygen atoms in total. The van der Waals surface area contributed by atoms with Gasteiger partial charge in [0.05, 0.1) is 12.7 Å². The second-order valence-electron chi connectivity index (χ2n) is 8.42. The molecular weight excluding hydrogens is 330 g/mol. The summed E-state index contributed by atoms with van der Waals surface area (Å²) < 4.78 is 10.5. The van der Waals surface area contributed by atoms with Crippen molar-refractivity contribution in [2.24, 2.45) is 0 Å². The van der Waals surface area contributed by atoms with E-state index in [1.54, 1.807) is 4.90 Å². The molecular formula is C21H29NO4. The maximum absolute atomic E-state index is 12.4. The van der Waals surface area contributed by atoms with Crippen molar-refractivity contribution in [1.29, 1.82) is 0 Å². The van der Waals surface area contributed by atoms with E-state index >= 15 is 0 Å². The Kier molecular flexibility index (Phi) is 5.26. The number of likely N-dealkylation sites (tertiary alicyclic amines) is 1. The van der Waals surface area contributed by atoms with Crippen molar-refractivity contribution < 1.29 is 19.1 Å². The Morgan fingerprint density at radius 2 is 1.69 bits per heavy atom. The zero-order valence-electron chi connectivity index (χ0n) is 16.2. The number of hydrogen-bond acceptors (Lipinski definition) is 4. The van der Waals surface area contributed by atoms with Crippen molar-refractivity contribution in [3.63, 3.8) is 0 Å². The Balaban J connectivity index is 1.80. The van der Waals surface area contributed by atoms with Gasteiger partial charge >= 0.3 is 12.1 Å². The summed E-state index contributed by atoms with van der Waals surface area (Å²) in [5.41, 5.74) is 2.47. The van der Waals surface area contributed by atoms with Crippen LogP contribution in [0.4, 0.5) is 4.79 Å². The van der Waals surface area contributed by atoms with Crippen LogP contribution < -0.4 is 0 Å². The first-order valence-electron chi connectivity index (χ1n) is 9.48. The first-order chi connectivity index (χ1) is 12.3. The number of nitrogens with zero attached hydrogens (tertiary/aromatic N) is 1. The molecule has 26 heavy (non-hydrogen) atoms. The number of rotatable bonds is 3. The van der Waals surface area contributed by atoms with Gasteiger partial charge in [-0.2, -0.15) is 0 Å². The first kappa shape index (κ1) is 18.7. The Hall–Kier alpha value is -2.04. The highest BCUT2D eigenvalue weighted by Crippen LogP contribution is 2.42. The third kappa shape index (κ3) is 4.57. The van der Waals surface area contributed by atoms with Gasteiger partial charge in [-0.15, -0.1) is 0 Å². The molecule has 1 aliphatic heterocycles. The van der Waals surface area contributed by atoms with Crippen molar-refractivity contribution >= 4 is 12.1 Å². The standard InChI is InChI=1S/C21H29NO4/c1-21(2,3)26-20(24)22-9-5-6-15(13-22)17-10-16(14-7-8-14)11-18(12-17)19(23)25-4/h10-12,14-15H,5-9,13H2,1-4H3. The Bertz CT molecular complexity index is 688. The average Bonchev–Trinajstić information content (AvgIpc) is 3.44. The van der Waals surface area contributed by atoms with E-state index < -0.39 is 5.60 Å². The third-order valence-electron chi connectivity index (χ3n) is 4.99. The fraction of sp³-hybridized carbons (Fsp3) is 0.619. The molecule has 1 unspecified atom stereocenters. The van der Waals surface area contributed by atoms with Crippen molar-refractivity contribution in [3.8, 4) is 0 Å². The monoisotopic (exact) mass is 359 g/mol. The topological polar surface area (TPSA) is 55.8 Å². The van der Waals surface area contributed by atoms with Crippen LogP contribution >= 0.6 is 0 Å². The van der Waals surface area contributed by atoms with Crippen molar-refractivity contribution in [3.05, 3.63) is 34.9 Å². The third-order valence-corrected chi connectivity index (χ3v) is 4.99. The predicted octanol–water partition coefficient (Wildman–Crippen LogP) is 4.47. The minimum atomic E-state index is -0.492. The molecule has 0 spiro atoms. The zero-order chi connectivity index (χ0) is 18.9. The second kappa shape index (κ2) is 7.29. The van der Waals surface area contributed by atoms with Gasteiger partial charge < -0.3 is 14.4 Å². The molecule has 1 aliphatic carbocycles. The van der Waals surface area contributed by atoms with Gasteiger partial charge in [0.15, 0.2) is 0 Å². The second-order valence-corrected chi connectivity index (χ2v) is 8.42. The average molecular weight is 359 g/mol. The van der Waals surface area contributed by atoms with Crippen LogP contribution in [0.1, 0.15) is 79.8 Å². The predicted molar refractivity (Wildman–Crippen MR) is 99.5 cm³/mol. The van der Waals surface area contributed by atoms with Gasteiger partial charge in [0.2, 0.25) is 0 Å². The van der Waals surface area contributed by atoms with Crippen LogP contribution in [0.2, 0.25) is 0 Å². The van der Waals surface area contributed by atoms with E-state index in [-0.39, 0.29) is 18.0 Å². The van der Waals surface area contributed by atoms with Crippen LogP contribution in [-0.4, -0.2) is 42.8 Å². The SMILES string of the molecule is COC(=O)c1cc(C2CC2)cc(C2CCCN(C(=O)OC(C)(C)C)C2)c1. The molecule has 3 rings (SSSR count). The number of carbonyl (C=O) groups is 2. The van der Waals surface area contributed by atoms with E-state index in [9.17, 15) is 9.59 Å². The molecule has 1 atom stereocenters. The molecule has 0 bridgehead atoms. The highest BCUT2D eigenvalue weighted by atomic mass is 16.6. The number of piperidine rings is 1. The summed E-state index contributed by atoms with van der Waals surface area (Å²) in [6.07, 6.45) is 4.05. The van der Waals surface area contributed by atoms with Crippen molar-refractivity contribution in [1.82, 2.24) is 4.90 Å². The van der Waals surface area contributed by atoms with Gasteiger partial charge in [0.25, 0.3) is 0 Å². The number of amides is 1. The fourth-order valence-corrected chi connectivity index (χ4v) is 3.54. The summed E-state index contributed by atoms with van der Waals surface area (Å²) in [7, 11) is 1.41. The summed E-state index contributed by atoms with van der Waals surface area (Å²) in [6.45, 7) is 7.00. The van der Waals surface area contributed by atoms with Crippen LogP contribution in [0, 0.1) is 0 Å². The lowest BCUT2D eigenvalue weighted by Crippen LogP contribution is -2.42. The molecule has 1 saturated carbocycles. The molecule has 0 aromatic heterocycles. The number of benzene rings is 1. The van der Waals surface area contributed by atoms with Gasteiger partial charge in [-0.1, -0.05) is 6.07 Å². The Morgan fingerprint density at radius 1 is 1.04 bits per heavy atom. The molecule has 2 aliphatic rings. The van der Waals surface area contributed by atoms with Crippen LogP contribution in [0.15, 0.2) is 18.2 Å². The molecule has 0 N–H and O–H groups in total. The number of carbonyl (C=O) groups excluding carboxylic acids is 2. The first-order valence-corrected chi connectivity index (χ1v) is 9.48. The molecule has 1 heterocycles. The van der Waals surface area contributed by atoms with E-state index in [0.29, 0.717) is 18.0 Å². The van der Waals surface area contributed by atoms with E-state index in [1.165, 1.54) is 25.5 Å². The van der Waals surface area contributed by atoms with Gasteiger partial charge in [-0.25, -0.2) is 9.59 Å². The van der Waals surface area contributed by atoms with E-state index in [2.05, 4.69) is 6.07 Å². The summed E-state index contributed by atoms with van der Waals surface area (Å²) >= 11 is 0. The maximum atomic E-state index is 12.4. The number of esters is 1. The maximum Gasteiger partial charge on any atom is 0.410 e. The highest BCUT2D eigenvalue weighted by molar-refractivity contribution is 5.89. The van der Waals surface area contributed by atoms with Crippen molar-refractivity contribution in [2.75, 3.05) is 20.2 Å². The largest absolute Gasteiger partial charge is 0.465 e. The Labute approximate surface area is 155 Å². The lowest BCUT2D eigenvalue weighted by molar-refractivity contribution is 0.0198.